The van der Waals surface area contributed by atoms with Gasteiger partial charge in [0.1, 0.15) is 10.6 Å². The summed E-state index contributed by atoms with van der Waals surface area (Å²) in [7, 11) is 1.36. The van der Waals surface area contributed by atoms with E-state index in [0.29, 0.717) is 17.0 Å². The van der Waals surface area contributed by atoms with Crippen LogP contribution >= 0.6 is 11.3 Å². The van der Waals surface area contributed by atoms with Crippen LogP contribution in [0, 0.1) is 20.8 Å². The van der Waals surface area contributed by atoms with E-state index in [-0.39, 0.29) is 5.91 Å². The Bertz CT molecular complexity index is 777. The maximum atomic E-state index is 12.4. The molecule has 0 aliphatic carbocycles. The zero-order chi connectivity index (χ0) is 17.9. The van der Waals surface area contributed by atoms with Crippen molar-refractivity contribution in [3.05, 3.63) is 39.8 Å². The summed E-state index contributed by atoms with van der Waals surface area (Å²) in [6.07, 6.45) is 1.18. The van der Waals surface area contributed by atoms with Gasteiger partial charge in [-0.15, -0.1) is 11.3 Å². The van der Waals surface area contributed by atoms with Gasteiger partial charge in [0.25, 0.3) is 0 Å². The number of esters is 1. The summed E-state index contributed by atoms with van der Waals surface area (Å²) in [4.78, 5) is 25.3. The number of aryl methyl sites for hydroxylation is 3. The Labute approximate surface area is 146 Å². The summed E-state index contributed by atoms with van der Waals surface area (Å²) in [6, 6.07) is 6.11. The number of carbonyl (C=O) groups is 2. The van der Waals surface area contributed by atoms with E-state index in [1.54, 1.807) is 0 Å². The second kappa shape index (κ2) is 7.62. The van der Waals surface area contributed by atoms with Crippen LogP contribution in [-0.4, -0.2) is 19.0 Å². The lowest BCUT2D eigenvalue weighted by atomic mass is 9.97. The van der Waals surface area contributed by atoms with E-state index < -0.39 is 5.97 Å². The number of hydrogen-bond acceptors (Lipinski definition) is 4. The molecule has 24 heavy (non-hydrogen) atoms. The first-order valence-corrected chi connectivity index (χ1v) is 8.79. The monoisotopic (exact) mass is 345 g/mol. The van der Waals surface area contributed by atoms with E-state index in [2.05, 4.69) is 18.3 Å². The minimum atomic E-state index is -0.431. The van der Waals surface area contributed by atoms with E-state index in [9.17, 15) is 9.59 Å². The SMILES string of the molecule is CCCC(=O)Nc1sc(C)c(-c2ccc(C)c(C)c2)c1C(=O)OC. The summed E-state index contributed by atoms with van der Waals surface area (Å²) in [5, 5.41) is 3.42. The van der Waals surface area contributed by atoms with Gasteiger partial charge in [-0.3, -0.25) is 4.79 Å². The molecular formula is C19H23NO3S. The van der Waals surface area contributed by atoms with Gasteiger partial charge in [-0.1, -0.05) is 25.1 Å². The van der Waals surface area contributed by atoms with Crippen LogP contribution in [0.4, 0.5) is 5.00 Å². The first-order chi connectivity index (χ1) is 11.4. The van der Waals surface area contributed by atoms with Gasteiger partial charge in [-0.2, -0.15) is 0 Å². The smallest absolute Gasteiger partial charge is 0.341 e. The number of thiophene rings is 1. The van der Waals surface area contributed by atoms with Gasteiger partial charge in [0.05, 0.1) is 7.11 Å². The number of amides is 1. The standard InChI is InChI=1S/C19H23NO3S/c1-6-7-15(21)20-18-17(19(22)23-5)16(13(4)24-18)14-9-8-11(2)12(3)10-14/h8-10H,6-7H2,1-5H3,(H,20,21). The van der Waals surface area contributed by atoms with Crippen LogP contribution in [0.25, 0.3) is 11.1 Å². The summed E-state index contributed by atoms with van der Waals surface area (Å²) in [5.41, 5.74) is 4.59. The molecule has 0 unspecified atom stereocenters. The molecule has 0 saturated heterocycles. The van der Waals surface area contributed by atoms with E-state index >= 15 is 0 Å². The van der Waals surface area contributed by atoms with E-state index in [4.69, 9.17) is 4.74 Å². The lowest BCUT2D eigenvalue weighted by Crippen LogP contribution is -2.13. The molecule has 1 aromatic carbocycles. The van der Waals surface area contributed by atoms with Crippen LogP contribution in [0.2, 0.25) is 0 Å². The topological polar surface area (TPSA) is 55.4 Å². The van der Waals surface area contributed by atoms with Gasteiger partial charge < -0.3 is 10.1 Å². The molecule has 4 nitrogen and oxygen atoms in total. The van der Waals surface area contributed by atoms with Crippen molar-refractivity contribution in [2.75, 3.05) is 12.4 Å². The molecule has 5 heteroatoms. The molecule has 0 saturated carbocycles. The zero-order valence-electron chi connectivity index (χ0n) is 14.8. The third-order valence-corrected chi connectivity index (χ3v) is 5.02. The average Bonchev–Trinajstić information content (AvgIpc) is 2.85. The predicted octanol–water partition coefficient (Wildman–Crippen LogP) is 4.87. The Morgan fingerprint density at radius 2 is 1.88 bits per heavy atom. The Morgan fingerprint density at radius 1 is 1.17 bits per heavy atom. The molecule has 2 rings (SSSR count). The number of benzene rings is 1. The highest BCUT2D eigenvalue weighted by molar-refractivity contribution is 7.17. The minimum absolute atomic E-state index is 0.0875. The summed E-state index contributed by atoms with van der Waals surface area (Å²) >= 11 is 1.41. The van der Waals surface area contributed by atoms with Gasteiger partial charge in [0.15, 0.2) is 0 Å². The minimum Gasteiger partial charge on any atom is -0.465 e. The first kappa shape index (κ1) is 18.2. The lowest BCUT2D eigenvalue weighted by molar-refractivity contribution is -0.116. The van der Waals surface area contributed by atoms with Crippen molar-refractivity contribution in [1.29, 1.82) is 0 Å². The third-order valence-electron chi connectivity index (χ3n) is 4.00. The fourth-order valence-electron chi connectivity index (χ4n) is 2.59. The quantitative estimate of drug-likeness (QED) is 0.787. The van der Waals surface area contributed by atoms with Gasteiger partial charge in [-0.05, 0) is 43.9 Å². The molecule has 0 radical (unpaired) electrons. The fraction of sp³-hybridized carbons (Fsp3) is 0.368. The molecule has 0 fully saturated rings. The molecule has 0 bridgehead atoms. The first-order valence-electron chi connectivity index (χ1n) is 7.98. The van der Waals surface area contributed by atoms with E-state index in [0.717, 1.165) is 28.0 Å². The van der Waals surface area contributed by atoms with Gasteiger partial charge in [-0.25, -0.2) is 4.79 Å². The molecule has 1 aromatic heterocycles. The number of carbonyl (C=O) groups excluding carboxylic acids is 2. The molecule has 1 amide bonds. The van der Waals surface area contributed by atoms with Crippen LogP contribution in [-0.2, 0) is 9.53 Å². The maximum absolute atomic E-state index is 12.4. The Hall–Kier alpha value is -2.14. The molecule has 1 heterocycles. The summed E-state index contributed by atoms with van der Waals surface area (Å²) < 4.78 is 4.96. The van der Waals surface area contributed by atoms with Gasteiger partial charge >= 0.3 is 5.97 Å². The summed E-state index contributed by atoms with van der Waals surface area (Å²) in [6.45, 7) is 8.00. The van der Waals surface area contributed by atoms with Crippen molar-refractivity contribution >= 4 is 28.2 Å². The van der Waals surface area contributed by atoms with Crippen molar-refractivity contribution in [1.82, 2.24) is 0 Å². The van der Waals surface area contributed by atoms with Crippen molar-refractivity contribution in [2.45, 2.75) is 40.5 Å². The molecule has 1 N–H and O–H groups in total. The molecular weight excluding hydrogens is 322 g/mol. The third kappa shape index (κ3) is 3.67. The number of hydrogen-bond donors (Lipinski definition) is 1. The normalized spacial score (nSPS) is 10.5. The van der Waals surface area contributed by atoms with Crippen LogP contribution in [0.1, 0.15) is 46.1 Å². The number of methoxy groups -OCH3 is 1. The highest BCUT2D eigenvalue weighted by atomic mass is 32.1. The average molecular weight is 345 g/mol. The predicted molar refractivity (Wildman–Crippen MR) is 98.8 cm³/mol. The number of rotatable bonds is 5. The Kier molecular flexibility index (Phi) is 5.78. The lowest BCUT2D eigenvalue weighted by Gasteiger charge is -2.09. The highest BCUT2D eigenvalue weighted by Gasteiger charge is 2.25. The maximum Gasteiger partial charge on any atom is 0.341 e. The molecule has 0 aliphatic rings. The fourth-order valence-corrected chi connectivity index (χ4v) is 3.67. The number of nitrogens with one attached hydrogen (secondary N) is 1. The van der Waals surface area contributed by atoms with Crippen LogP contribution in [0.15, 0.2) is 18.2 Å². The van der Waals surface area contributed by atoms with Crippen LogP contribution in [0.5, 0.6) is 0 Å². The summed E-state index contributed by atoms with van der Waals surface area (Å²) in [5.74, 6) is -0.519. The van der Waals surface area contributed by atoms with Crippen LogP contribution in [0.3, 0.4) is 0 Å². The van der Waals surface area contributed by atoms with Crippen LogP contribution < -0.4 is 5.32 Å². The molecule has 0 atom stereocenters. The number of ether oxygens (including phenoxy) is 1. The van der Waals surface area contributed by atoms with Crippen molar-refractivity contribution < 1.29 is 14.3 Å². The number of anilines is 1. The Morgan fingerprint density at radius 3 is 2.46 bits per heavy atom. The largest absolute Gasteiger partial charge is 0.465 e. The molecule has 128 valence electrons. The highest BCUT2D eigenvalue weighted by Crippen LogP contribution is 2.40. The van der Waals surface area contributed by atoms with E-state index in [1.807, 2.05) is 32.9 Å². The van der Waals surface area contributed by atoms with Crippen molar-refractivity contribution in [3.8, 4) is 11.1 Å². The van der Waals surface area contributed by atoms with Gasteiger partial charge in [0.2, 0.25) is 5.91 Å². The zero-order valence-corrected chi connectivity index (χ0v) is 15.6. The molecule has 0 spiro atoms. The van der Waals surface area contributed by atoms with E-state index in [1.165, 1.54) is 24.0 Å². The molecule has 0 aliphatic heterocycles. The van der Waals surface area contributed by atoms with Gasteiger partial charge in [0, 0.05) is 16.9 Å². The van der Waals surface area contributed by atoms with Crippen molar-refractivity contribution in [2.24, 2.45) is 0 Å². The molecule has 2 aromatic rings. The second-order valence-electron chi connectivity index (χ2n) is 5.83. The Balaban J connectivity index is 2.58. The second-order valence-corrected chi connectivity index (χ2v) is 7.05. The van der Waals surface area contributed by atoms with Crippen molar-refractivity contribution in [3.63, 3.8) is 0 Å².